The summed E-state index contributed by atoms with van der Waals surface area (Å²) in [5.74, 6) is -0.960. The highest BCUT2D eigenvalue weighted by Crippen LogP contribution is 2.01. The van der Waals surface area contributed by atoms with Gasteiger partial charge in [0.25, 0.3) is 0 Å². The van der Waals surface area contributed by atoms with Gasteiger partial charge in [-0.25, -0.2) is 9.59 Å². The third kappa shape index (κ3) is 6.97. The van der Waals surface area contributed by atoms with Crippen molar-refractivity contribution in [3.8, 4) is 0 Å². The van der Waals surface area contributed by atoms with Crippen LogP contribution < -0.4 is 5.32 Å². The van der Waals surface area contributed by atoms with E-state index in [9.17, 15) is 9.59 Å². The first-order valence-electron chi connectivity index (χ1n) is 6.40. The molecule has 1 aromatic rings. The molecule has 0 aromatic heterocycles. The Balaban J connectivity index is 2.40. The lowest BCUT2D eigenvalue weighted by atomic mass is 10.2. The standard InChI is InChI=1S/C14H18ClNO5/c1-10(7-15)20-9-12(13(17)18)16-14(19)21-8-11-5-3-2-4-6-11/h2-6,10,12H,7-9H2,1H3,(H,16,19)(H,17,18)/t10?,12-/m1/s1. The lowest BCUT2D eigenvalue weighted by Crippen LogP contribution is -2.44. The number of aliphatic carboxylic acids is 1. The molecule has 116 valence electrons. The number of carbonyl (C=O) groups excluding carboxylic acids is 1. The molecule has 7 heteroatoms. The van der Waals surface area contributed by atoms with Gasteiger partial charge < -0.3 is 19.9 Å². The quantitative estimate of drug-likeness (QED) is 0.717. The Morgan fingerprint density at radius 1 is 1.33 bits per heavy atom. The van der Waals surface area contributed by atoms with E-state index in [1.807, 2.05) is 18.2 Å². The molecule has 0 fully saturated rings. The van der Waals surface area contributed by atoms with Crippen molar-refractivity contribution in [1.82, 2.24) is 5.32 Å². The number of carboxylic acids is 1. The predicted octanol–water partition coefficient (Wildman–Crippen LogP) is 2.01. The Bertz CT molecular complexity index is 454. The molecule has 1 amide bonds. The predicted molar refractivity (Wildman–Crippen MR) is 77.3 cm³/mol. The van der Waals surface area contributed by atoms with E-state index in [4.69, 9.17) is 26.2 Å². The second kappa shape index (κ2) is 9.20. The molecule has 1 rings (SSSR count). The molecule has 1 aromatic carbocycles. The maximum Gasteiger partial charge on any atom is 0.408 e. The highest BCUT2D eigenvalue weighted by Gasteiger charge is 2.21. The number of alkyl carbamates (subject to hydrolysis) is 1. The highest BCUT2D eigenvalue weighted by molar-refractivity contribution is 6.18. The van der Waals surface area contributed by atoms with Gasteiger partial charge in [-0.15, -0.1) is 11.6 Å². The summed E-state index contributed by atoms with van der Waals surface area (Å²) < 4.78 is 10.1. The Kier molecular flexibility index (Phi) is 7.56. The summed E-state index contributed by atoms with van der Waals surface area (Å²) in [6.45, 7) is 1.60. The van der Waals surface area contributed by atoms with E-state index in [-0.39, 0.29) is 25.2 Å². The molecule has 0 aliphatic heterocycles. The van der Waals surface area contributed by atoms with Gasteiger partial charge in [0.1, 0.15) is 6.61 Å². The van der Waals surface area contributed by atoms with E-state index >= 15 is 0 Å². The molecule has 21 heavy (non-hydrogen) atoms. The molecule has 0 aliphatic rings. The third-order valence-electron chi connectivity index (χ3n) is 2.57. The number of nitrogens with one attached hydrogen (secondary N) is 1. The van der Waals surface area contributed by atoms with Crippen LogP contribution in [0.25, 0.3) is 0 Å². The topological polar surface area (TPSA) is 84.9 Å². The first-order valence-corrected chi connectivity index (χ1v) is 6.94. The third-order valence-corrected chi connectivity index (χ3v) is 3.00. The summed E-state index contributed by atoms with van der Waals surface area (Å²) in [5, 5.41) is 11.2. The molecule has 0 heterocycles. The van der Waals surface area contributed by atoms with E-state index < -0.39 is 18.1 Å². The van der Waals surface area contributed by atoms with E-state index in [0.717, 1.165) is 5.56 Å². The number of hydrogen-bond acceptors (Lipinski definition) is 4. The van der Waals surface area contributed by atoms with Gasteiger partial charge in [-0.2, -0.15) is 0 Å². The van der Waals surface area contributed by atoms with Crippen LogP contribution in [0.15, 0.2) is 30.3 Å². The fourth-order valence-electron chi connectivity index (χ4n) is 1.39. The maximum absolute atomic E-state index is 11.6. The number of alkyl halides is 1. The van der Waals surface area contributed by atoms with Crippen LogP contribution in [0.3, 0.4) is 0 Å². The van der Waals surface area contributed by atoms with Crippen molar-refractivity contribution in [3.05, 3.63) is 35.9 Å². The molecular weight excluding hydrogens is 298 g/mol. The summed E-state index contributed by atoms with van der Waals surface area (Å²) in [6, 6.07) is 7.90. The number of hydrogen-bond donors (Lipinski definition) is 2. The monoisotopic (exact) mass is 315 g/mol. The average Bonchev–Trinajstić information content (AvgIpc) is 2.49. The minimum Gasteiger partial charge on any atom is -0.480 e. The maximum atomic E-state index is 11.6. The van der Waals surface area contributed by atoms with Gasteiger partial charge in [0.15, 0.2) is 6.04 Å². The van der Waals surface area contributed by atoms with Crippen molar-refractivity contribution in [2.24, 2.45) is 0 Å². The highest BCUT2D eigenvalue weighted by atomic mass is 35.5. The normalized spacial score (nSPS) is 13.2. The number of carboxylic acid groups (broad SMARTS) is 1. The molecule has 1 unspecified atom stereocenters. The number of rotatable bonds is 8. The molecule has 0 bridgehead atoms. The minimum absolute atomic E-state index is 0.0674. The molecule has 6 nitrogen and oxygen atoms in total. The van der Waals surface area contributed by atoms with E-state index in [1.54, 1.807) is 19.1 Å². The van der Waals surface area contributed by atoms with Crippen LogP contribution in [-0.4, -0.2) is 41.8 Å². The Morgan fingerprint density at radius 2 is 2.00 bits per heavy atom. The fourth-order valence-corrected chi connectivity index (χ4v) is 1.48. The molecule has 0 saturated heterocycles. The van der Waals surface area contributed by atoms with Crippen LogP contribution in [0.2, 0.25) is 0 Å². The second-order valence-electron chi connectivity index (χ2n) is 4.40. The zero-order valence-corrected chi connectivity index (χ0v) is 12.4. The largest absolute Gasteiger partial charge is 0.480 e. The zero-order valence-electron chi connectivity index (χ0n) is 11.6. The van der Waals surface area contributed by atoms with E-state index in [0.29, 0.717) is 0 Å². The van der Waals surface area contributed by atoms with Gasteiger partial charge in [-0.05, 0) is 12.5 Å². The minimum atomic E-state index is -1.20. The van der Waals surface area contributed by atoms with Gasteiger partial charge in [0, 0.05) is 5.88 Å². The first kappa shape index (κ1) is 17.3. The number of halogens is 1. The summed E-state index contributed by atoms with van der Waals surface area (Å²) in [7, 11) is 0. The van der Waals surface area contributed by atoms with Crippen molar-refractivity contribution < 1.29 is 24.2 Å². The molecule has 2 N–H and O–H groups in total. The van der Waals surface area contributed by atoms with Gasteiger partial charge in [-0.1, -0.05) is 30.3 Å². The van der Waals surface area contributed by atoms with Crippen LogP contribution >= 0.6 is 11.6 Å². The van der Waals surface area contributed by atoms with Crippen molar-refractivity contribution in [2.45, 2.75) is 25.7 Å². The van der Waals surface area contributed by atoms with Crippen molar-refractivity contribution in [1.29, 1.82) is 0 Å². The van der Waals surface area contributed by atoms with Crippen LogP contribution in [-0.2, 0) is 20.9 Å². The van der Waals surface area contributed by atoms with Crippen LogP contribution in [0.1, 0.15) is 12.5 Å². The number of amides is 1. The van der Waals surface area contributed by atoms with Gasteiger partial charge in [0.2, 0.25) is 0 Å². The molecule has 0 saturated carbocycles. The SMILES string of the molecule is CC(CCl)OC[C@@H](NC(=O)OCc1ccccc1)C(=O)O. The number of ether oxygens (including phenoxy) is 2. The lowest BCUT2D eigenvalue weighted by Gasteiger charge is -2.17. The van der Waals surface area contributed by atoms with E-state index in [1.165, 1.54) is 0 Å². The van der Waals surface area contributed by atoms with E-state index in [2.05, 4.69) is 5.32 Å². The average molecular weight is 316 g/mol. The fraction of sp³-hybridized carbons (Fsp3) is 0.429. The first-order chi connectivity index (χ1) is 10.0. The van der Waals surface area contributed by atoms with Crippen LogP contribution in [0.5, 0.6) is 0 Å². The lowest BCUT2D eigenvalue weighted by molar-refractivity contribution is -0.141. The van der Waals surface area contributed by atoms with Crippen LogP contribution in [0, 0.1) is 0 Å². The number of carbonyl (C=O) groups is 2. The van der Waals surface area contributed by atoms with Crippen molar-refractivity contribution >= 4 is 23.7 Å². The number of benzene rings is 1. The Morgan fingerprint density at radius 3 is 2.57 bits per heavy atom. The van der Waals surface area contributed by atoms with Gasteiger partial charge in [0.05, 0.1) is 12.7 Å². The second-order valence-corrected chi connectivity index (χ2v) is 4.70. The van der Waals surface area contributed by atoms with Gasteiger partial charge >= 0.3 is 12.1 Å². The Labute approximate surface area is 128 Å². The van der Waals surface area contributed by atoms with Crippen LogP contribution in [0.4, 0.5) is 4.79 Å². The molecule has 0 radical (unpaired) electrons. The van der Waals surface area contributed by atoms with Gasteiger partial charge in [-0.3, -0.25) is 0 Å². The smallest absolute Gasteiger partial charge is 0.408 e. The molecular formula is C14H18ClNO5. The van der Waals surface area contributed by atoms with Crippen molar-refractivity contribution in [2.75, 3.05) is 12.5 Å². The molecule has 2 atom stereocenters. The summed E-state index contributed by atoms with van der Waals surface area (Å²) >= 11 is 5.55. The molecule has 0 spiro atoms. The Hall–Kier alpha value is -1.79. The summed E-state index contributed by atoms with van der Waals surface area (Å²) in [6.07, 6.45) is -1.11. The molecule has 0 aliphatic carbocycles. The van der Waals surface area contributed by atoms with Crippen molar-refractivity contribution in [3.63, 3.8) is 0 Å². The summed E-state index contributed by atoms with van der Waals surface area (Å²) in [5.41, 5.74) is 0.812. The zero-order chi connectivity index (χ0) is 15.7. The summed E-state index contributed by atoms with van der Waals surface area (Å²) in [4.78, 5) is 22.6.